The van der Waals surface area contributed by atoms with Gasteiger partial charge in [0.15, 0.2) is 8.32 Å². The fourth-order valence-corrected chi connectivity index (χ4v) is 6.11. The van der Waals surface area contributed by atoms with Gasteiger partial charge in [0.1, 0.15) is 6.10 Å². The number of unbranched alkanes of at least 4 members (excludes halogenated alkanes) is 21. The van der Waals surface area contributed by atoms with Crippen molar-refractivity contribution < 1.29 is 18.7 Å². The van der Waals surface area contributed by atoms with Gasteiger partial charge in [-0.05, 0) is 31.0 Å². The molecule has 0 heterocycles. The summed E-state index contributed by atoms with van der Waals surface area (Å²) in [6, 6.07) is 0. The smallest absolute Gasteiger partial charge is 0.306 e. The van der Waals surface area contributed by atoms with Crippen LogP contribution in [-0.2, 0) is 18.7 Å². The largest absolute Gasteiger partial charge is 0.457 e. The molecular formula is C37H76O4Si. The lowest BCUT2D eigenvalue weighted by atomic mass is 10.0. The first kappa shape index (κ1) is 41.6. The molecule has 0 radical (unpaired) electrons. The van der Waals surface area contributed by atoms with E-state index in [1.54, 1.807) is 0 Å². The van der Waals surface area contributed by atoms with Crippen LogP contribution in [0.3, 0.4) is 0 Å². The number of hydrogen-bond donors (Lipinski definition) is 0. The third kappa shape index (κ3) is 26.0. The van der Waals surface area contributed by atoms with Gasteiger partial charge < -0.3 is 13.9 Å². The summed E-state index contributed by atoms with van der Waals surface area (Å²) in [5.74, 6) is -0.0931. The highest BCUT2D eigenvalue weighted by atomic mass is 28.4. The highest BCUT2D eigenvalue weighted by molar-refractivity contribution is 6.74. The van der Waals surface area contributed by atoms with E-state index in [1.807, 2.05) is 0 Å². The van der Waals surface area contributed by atoms with Crippen molar-refractivity contribution in [1.82, 2.24) is 0 Å². The molecule has 4 nitrogen and oxygen atoms in total. The third-order valence-electron chi connectivity index (χ3n) is 9.16. The van der Waals surface area contributed by atoms with E-state index in [1.165, 1.54) is 128 Å². The molecule has 0 aliphatic rings. The summed E-state index contributed by atoms with van der Waals surface area (Å²) in [6.07, 6.45) is 30.4. The highest BCUT2D eigenvalue weighted by Gasteiger charge is 2.38. The first-order valence-corrected chi connectivity index (χ1v) is 21.5. The summed E-state index contributed by atoms with van der Waals surface area (Å²) >= 11 is 0. The second-order valence-electron chi connectivity index (χ2n) is 14.4. The van der Waals surface area contributed by atoms with Crippen LogP contribution in [0.25, 0.3) is 0 Å². The van der Waals surface area contributed by atoms with E-state index < -0.39 is 8.32 Å². The van der Waals surface area contributed by atoms with E-state index in [-0.39, 0.29) is 17.1 Å². The molecule has 0 aliphatic carbocycles. The van der Waals surface area contributed by atoms with Crippen molar-refractivity contribution in [3.63, 3.8) is 0 Å². The number of rotatable bonds is 31. The summed E-state index contributed by atoms with van der Waals surface area (Å²) in [4.78, 5) is 12.7. The number of ether oxygens (including phenoxy) is 2. The topological polar surface area (TPSA) is 44.8 Å². The molecule has 1 unspecified atom stereocenters. The fraction of sp³-hybridized carbons (Fsp3) is 0.973. The van der Waals surface area contributed by atoms with Crippen molar-refractivity contribution in [2.75, 3.05) is 19.8 Å². The van der Waals surface area contributed by atoms with Gasteiger partial charge in [0.25, 0.3) is 0 Å². The zero-order chi connectivity index (χ0) is 31.4. The van der Waals surface area contributed by atoms with Gasteiger partial charge >= 0.3 is 5.97 Å². The van der Waals surface area contributed by atoms with E-state index in [2.05, 4.69) is 47.7 Å². The Morgan fingerprint density at radius 2 is 0.952 bits per heavy atom. The number of carbonyl (C=O) groups is 1. The van der Waals surface area contributed by atoms with E-state index in [4.69, 9.17) is 13.9 Å². The SMILES string of the molecule is CCCCCCCCCCCCCCCC(=O)OC(COCCCCCCCCCCCC)CO[Si](C)(C)C(C)(C)C. The highest BCUT2D eigenvalue weighted by Crippen LogP contribution is 2.36. The molecule has 0 saturated carbocycles. The molecule has 0 aliphatic heterocycles. The van der Waals surface area contributed by atoms with Crippen molar-refractivity contribution in [3.05, 3.63) is 0 Å². The lowest BCUT2D eigenvalue weighted by Gasteiger charge is -2.37. The zero-order valence-electron chi connectivity index (χ0n) is 29.8. The van der Waals surface area contributed by atoms with Crippen molar-refractivity contribution in [2.24, 2.45) is 0 Å². The predicted octanol–water partition coefficient (Wildman–Crippen LogP) is 12.3. The molecule has 5 heteroatoms. The monoisotopic (exact) mass is 613 g/mol. The van der Waals surface area contributed by atoms with Gasteiger partial charge in [-0.3, -0.25) is 4.79 Å². The van der Waals surface area contributed by atoms with E-state index in [0.29, 0.717) is 19.6 Å². The summed E-state index contributed by atoms with van der Waals surface area (Å²) in [7, 11) is -1.91. The van der Waals surface area contributed by atoms with Gasteiger partial charge in [0.05, 0.1) is 13.2 Å². The zero-order valence-corrected chi connectivity index (χ0v) is 30.8. The van der Waals surface area contributed by atoms with Crippen LogP contribution >= 0.6 is 0 Å². The predicted molar refractivity (Wildman–Crippen MR) is 186 cm³/mol. The molecular weight excluding hydrogens is 536 g/mol. The standard InChI is InChI=1S/C37H76O4Si/c1-8-10-12-14-16-18-20-21-22-23-25-27-29-31-36(38)41-35(34-40-42(6,7)37(3,4)5)33-39-32-30-28-26-24-19-17-15-13-11-9-2/h35H,8-34H2,1-7H3. The van der Waals surface area contributed by atoms with Gasteiger partial charge in [0.2, 0.25) is 0 Å². The van der Waals surface area contributed by atoms with Crippen molar-refractivity contribution >= 4 is 14.3 Å². The van der Waals surface area contributed by atoms with Gasteiger partial charge in [-0.2, -0.15) is 0 Å². The molecule has 0 saturated heterocycles. The van der Waals surface area contributed by atoms with Crippen LogP contribution in [0.1, 0.15) is 189 Å². The maximum atomic E-state index is 12.7. The lowest BCUT2D eigenvalue weighted by molar-refractivity contribution is -0.154. The Morgan fingerprint density at radius 1 is 0.571 bits per heavy atom. The first-order chi connectivity index (χ1) is 20.1. The number of hydrogen-bond acceptors (Lipinski definition) is 4. The Bertz CT molecular complexity index is 587. The van der Waals surface area contributed by atoms with Gasteiger partial charge in [0, 0.05) is 13.0 Å². The van der Waals surface area contributed by atoms with Crippen LogP contribution in [0.15, 0.2) is 0 Å². The van der Waals surface area contributed by atoms with Gasteiger partial charge in [-0.25, -0.2) is 0 Å². The molecule has 0 rings (SSSR count). The minimum absolute atomic E-state index is 0.0931. The Morgan fingerprint density at radius 3 is 1.36 bits per heavy atom. The fourth-order valence-electron chi connectivity index (χ4n) is 5.07. The molecule has 0 spiro atoms. The minimum Gasteiger partial charge on any atom is -0.457 e. The molecule has 0 N–H and O–H groups in total. The number of esters is 1. The Hall–Kier alpha value is -0.393. The summed E-state index contributed by atoms with van der Waals surface area (Å²) in [6.45, 7) is 17.4. The van der Waals surface area contributed by atoms with E-state index >= 15 is 0 Å². The second-order valence-corrected chi connectivity index (χ2v) is 19.2. The van der Waals surface area contributed by atoms with Crippen LogP contribution in [-0.4, -0.2) is 40.2 Å². The number of carbonyl (C=O) groups excluding carboxylic acids is 1. The molecule has 42 heavy (non-hydrogen) atoms. The normalized spacial score (nSPS) is 13.0. The van der Waals surface area contributed by atoms with Crippen molar-refractivity contribution in [3.8, 4) is 0 Å². The second kappa shape index (κ2) is 28.1. The maximum absolute atomic E-state index is 12.7. The molecule has 0 aromatic heterocycles. The van der Waals surface area contributed by atoms with E-state index in [0.717, 1.165) is 25.9 Å². The van der Waals surface area contributed by atoms with Gasteiger partial charge in [-0.15, -0.1) is 0 Å². The van der Waals surface area contributed by atoms with E-state index in [9.17, 15) is 4.79 Å². The minimum atomic E-state index is -1.91. The molecule has 0 aromatic carbocycles. The quantitative estimate of drug-likeness (QED) is 0.0444. The van der Waals surface area contributed by atoms with Crippen LogP contribution in [0.4, 0.5) is 0 Å². The molecule has 0 bridgehead atoms. The Labute approximate surface area is 265 Å². The van der Waals surface area contributed by atoms with Crippen molar-refractivity contribution in [1.29, 1.82) is 0 Å². The summed E-state index contributed by atoms with van der Waals surface area (Å²) < 4.78 is 18.3. The average Bonchev–Trinajstić information content (AvgIpc) is 2.94. The first-order valence-electron chi connectivity index (χ1n) is 18.5. The molecule has 0 fully saturated rings. The van der Waals surface area contributed by atoms with Crippen molar-refractivity contribution in [2.45, 2.75) is 213 Å². The van der Waals surface area contributed by atoms with Crippen LogP contribution in [0.2, 0.25) is 18.1 Å². The maximum Gasteiger partial charge on any atom is 0.306 e. The van der Waals surface area contributed by atoms with Crippen LogP contribution in [0, 0.1) is 0 Å². The third-order valence-corrected chi connectivity index (χ3v) is 13.7. The molecule has 0 aromatic rings. The Kier molecular flexibility index (Phi) is 27.8. The average molecular weight is 613 g/mol. The van der Waals surface area contributed by atoms with Crippen LogP contribution < -0.4 is 0 Å². The molecule has 252 valence electrons. The van der Waals surface area contributed by atoms with Gasteiger partial charge in [-0.1, -0.05) is 169 Å². The van der Waals surface area contributed by atoms with Crippen LogP contribution in [0.5, 0.6) is 0 Å². The molecule has 1 atom stereocenters. The Balaban J connectivity index is 4.14. The molecule has 0 amide bonds. The lowest BCUT2D eigenvalue weighted by Crippen LogP contribution is -2.44. The summed E-state index contributed by atoms with van der Waals surface area (Å²) in [5, 5.41) is 0.132. The summed E-state index contributed by atoms with van der Waals surface area (Å²) in [5.41, 5.74) is 0.